The third-order valence-electron chi connectivity index (χ3n) is 2.06. The van der Waals surface area contributed by atoms with E-state index in [4.69, 9.17) is 4.74 Å². The summed E-state index contributed by atoms with van der Waals surface area (Å²) >= 11 is 1.82. The van der Waals surface area contributed by atoms with E-state index in [0.29, 0.717) is 0 Å². The molecule has 1 rings (SSSR count). The summed E-state index contributed by atoms with van der Waals surface area (Å²) in [7, 11) is 1.73. The molecule has 0 aliphatic rings. The summed E-state index contributed by atoms with van der Waals surface area (Å²) in [5, 5.41) is 0. The van der Waals surface area contributed by atoms with Crippen molar-refractivity contribution in [2.45, 2.75) is 19.3 Å². The molecule has 0 unspecified atom stereocenters. The van der Waals surface area contributed by atoms with Crippen LogP contribution in [0.3, 0.4) is 0 Å². The Kier molecular flexibility index (Phi) is 4.32. The highest BCUT2D eigenvalue weighted by atomic mass is 32.2. The van der Waals surface area contributed by atoms with Crippen molar-refractivity contribution in [2.24, 2.45) is 0 Å². The highest BCUT2D eigenvalue weighted by Crippen LogP contribution is 1.97. The number of hydrogen-bond acceptors (Lipinski definition) is 2. The molecule has 0 aromatic carbocycles. The van der Waals surface area contributed by atoms with Crippen LogP contribution in [0.1, 0.15) is 5.82 Å². The summed E-state index contributed by atoms with van der Waals surface area (Å²) in [4.78, 5) is 0. The maximum atomic E-state index is 5.03. The van der Waals surface area contributed by atoms with Gasteiger partial charge in [-0.15, -0.1) is 11.8 Å². The standard InChI is InChI=1S/C9H17N2OS/c1-9-10(6-7-12-2)4-5-11(9)8-13-3/h4-5H,6-8H2,1-3H3/q+1. The highest BCUT2D eigenvalue weighted by Gasteiger charge is 2.10. The Hall–Kier alpha value is -0.480. The van der Waals surface area contributed by atoms with Crippen LogP contribution >= 0.6 is 11.8 Å². The Morgan fingerprint density at radius 3 is 3.00 bits per heavy atom. The van der Waals surface area contributed by atoms with Gasteiger partial charge in [0.15, 0.2) is 0 Å². The number of imidazole rings is 1. The third-order valence-corrected chi connectivity index (χ3v) is 2.60. The first-order valence-corrected chi connectivity index (χ1v) is 5.72. The Balaban J connectivity index is 2.62. The number of aromatic nitrogens is 2. The van der Waals surface area contributed by atoms with Crippen LogP contribution in [0.4, 0.5) is 0 Å². The van der Waals surface area contributed by atoms with Crippen molar-refractivity contribution < 1.29 is 9.30 Å². The quantitative estimate of drug-likeness (QED) is 0.663. The number of methoxy groups -OCH3 is 1. The second-order valence-corrected chi connectivity index (χ2v) is 3.75. The topological polar surface area (TPSA) is 18.0 Å². The molecule has 1 heterocycles. The van der Waals surface area contributed by atoms with Crippen molar-refractivity contribution in [2.75, 3.05) is 20.0 Å². The number of ether oxygens (including phenoxy) is 1. The molecule has 4 heteroatoms. The van der Waals surface area contributed by atoms with E-state index in [1.807, 2.05) is 11.8 Å². The zero-order chi connectivity index (χ0) is 9.68. The molecule has 0 bridgehead atoms. The Morgan fingerprint density at radius 2 is 2.38 bits per heavy atom. The van der Waals surface area contributed by atoms with Gasteiger partial charge in [0, 0.05) is 14.0 Å². The van der Waals surface area contributed by atoms with Crippen LogP contribution in [-0.2, 0) is 17.2 Å². The molecule has 3 nitrogen and oxygen atoms in total. The molecule has 0 radical (unpaired) electrons. The van der Waals surface area contributed by atoms with Crippen molar-refractivity contribution in [3.8, 4) is 0 Å². The maximum absolute atomic E-state index is 5.03. The lowest BCUT2D eigenvalue weighted by Gasteiger charge is -1.99. The van der Waals surface area contributed by atoms with Crippen LogP contribution in [0.2, 0.25) is 0 Å². The van der Waals surface area contributed by atoms with E-state index in [2.05, 4.69) is 34.7 Å². The van der Waals surface area contributed by atoms with E-state index in [0.717, 1.165) is 19.0 Å². The van der Waals surface area contributed by atoms with Gasteiger partial charge in [0.25, 0.3) is 5.82 Å². The lowest BCUT2D eigenvalue weighted by molar-refractivity contribution is -0.681. The van der Waals surface area contributed by atoms with E-state index in [-0.39, 0.29) is 0 Å². The van der Waals surface area contributed by atoms with Crippen LogP contribution in [0.25, 0.3) is 0 Å². The summed E-state index contributed by atoms with van der Waals surface area (Å²) in [5.41, 5.74) is 0. The molecule has 1 aromatic rings. The molecule has 74 valence electrons. The SMILES string of the molecule is COCCn1cc[n+](CSC)c1C. The Bertz CT molecular complexity index is 260. The molecule has 13 heavy (non-hydrogen) atoms. The zero-order valence-corrected chi connectivity index (χ0v) is 9.30. The molecule has 0 N–H and O–H groups in total. The summed E-state index contributed by atoms with van der Waals surface area (Å²) in [5.74, 6) is 2.30. The molecule has 0 spiro atoms. The minimum Gasteiger partial charge on any atom is -0.381 e. The minimum absolute atomic E-state index is 0.773. The normalized spacial score (nSPS) is 10.7. The van der Waals surface area contributed by atoms with Gasteiger partial charge in [-0.2, -0.15) is 0 Å². The number of nitrogens with zero attached hydrogens (tertiary/aromatic N) is 2. The van der Waals surface area contributed by atoms with Crippen molar-refractivity contribution >= 4 is 11.8 Å². The van der Waals surface area contributed by atoms with Crippen molar-refractivity contribution in [1.29, 1.82) is 0 Å². The largest absolute Gasteiger partial charge is 0.381 e. The van der Waals surface area contributed by atoms with E-state index in [9.17, 15) is 0 Å². The fourth-order valence-electron chi connectivity index (χ4n) is 1.24. The molecular formula is C9H17N2OS+. The van der Waals surface area contributed by atoms with Crippen LogP contribution in [0.15, 0.2) is 12.4 Å². The molecule has 0 fully saturated rings. The average Bonchev–Trinajstić information content (AvgIpc) is 2.46. The Labute approximate surface area is 83.7 Å². The summed E-state index contributed by atoms with van der Waals surface area (Å²) in [6.45, 7) is 3.84. The highest BCUT2D eigenvalue weighted by molar-refractivity contribution is 7.97. The lowest BCUT2D eigenvalue weighted by Crippen LogP contribution is -2.34. The number of thioether (sulfide) groups is 1. The molecule has 1 aromatic heterocycles. The van der Waals surface area contributed by atoms with Crippen molar-refractivity contribution in [1.82, 2.24) is 4.57 Å². The van der Waals surface area contributed by atoms with E-state index in [1.165, 1.54) is 5.82 Å². The number of hydrogen-bond donors (Lipinski definition) is 0. The molecule has 0 aliphatic carbocycles. The smallest absolute Gasteiger partial charge is 0.254 e. The maximum Gasteiger partial charge on any atom is 0.254 e. The van der Waals surface area contributed by atoms with E-state index >= 15 is 0 Å². The second kappa shape index (κ2) is 5.29. The molecular weight excluding hydrogens is 184 g/mol. The fraction of sp³-hybridized carbons (Fsp3) is 0.667. The van der Waals surface area contributed by atoms with Crippen LogP contribution < -0.4 is 4.57 Å². The second-order valence-electron chi connectivity index (χ2n) is 2.92. The molecule has 0 amide bonds. The van der Waals surface area contributed by atoms with Gasteiger partial charge in [-0.3, -0.25) is 0 Å². The minimum atomic E-state index is 0.773. The van der Waals surface area contributed by atoms with Crippen molar-refractivity contribution in [3.05, 3.63) is 18.2 Å². The molecule has 0 saturated carbocycles. The third kappa shape index (κ3) is 2.74. The van der Waals surface area contributed by atoms with Crippen LogP contribution in [-0.4, -0.2) is 24.5 Å². The predicted octanol–water partition coefficient (Wildman–Crippen LogP) is 1.05. The van der Waals surface area contributed by atoms with Crippen LogP contribution in [0, 0.1) is 6.92 Å². The van der Waals surface area contributed by atoms with Gasteiger partial charge in [-0.1, -0.05) is 0 Å². The van der Waals surface area contributed by atoms with Gasteiger partial charge in [-0.25, -0.2) is 9.13 Å². The van der Waals surface area contributed by atoms with Gasteiger partial charge < -0.3 is 4.74 Å². The summed E-state index contributed by atoms with van der Waals surface area (Å²) in [6, 6.07) is 0. The zero-order valence-electron chi connectivity index (χ0n) is 8.49. The van der Waals surface area contributed by atoms with Gasteiger partial charge >= 0.3 is 0 Å². The first kappa shape index (κ1) is 10.6. The van der Waals surface area contributed by atoms with Crippen LogP contribution in [0.5, 0.6) is 0 Å². The van der Waals surface area contributed by atoms with Gasteiger partial charge in [0.05, 0.1) is 6.61 Å². The summed E-state index contributed by atoms with van der Waals surface area (Å²) in [6.07, 6.45) is 6.32. The van der Waals surface area contributed by atoms with Gasteiger partial charge in [0.2, 0.25) is 0 Å². The Morgan fingerprint density at radius 1 is 1.62 bits per heavy atom. The molecule has 0 aliphatic heterocycles. The summed E-state index contributed by atoms with van der Waals surface area (Å²) < 4.78 is 9.48. The predicted molar refractivity (Wildman–Crippen MR) is 54.8 cm³/mol. The lowest BCUT2D eigenvalue weighted by atomic mass is 10.6. The molecule has 0 atom stereocenters. The van der Waals surface area contributed by atoms with E-state index < -0.39 is 0 Å². The van der Waals surface area contributed by atoms with Gasteiger partial charge in [-0.05, 0) is 6.26 Å². The first-order chi connectivity index (χ1) is 6.29. The number of rotatable bonds is 5. The van der Waals surface area contributed by atoms with Gasteiger partial charge in [0.1, 0.15) is 24.8 Å². The molecule has 0 saturated heterocycles. The monoisotopic (exact) mass is 201 g/mol. The van der Waals surface area contributed by atoms with Crippen molar-refractivity contribution in [3.63, 3.8) is 0 Å². The fourth-order valence-corrected chi connectivity index (χ4v) is 1.79. The first-order valence-electron chi connectivity index (χ1n) is 4.32. The van der Waals surface area contributed by atoms with E-state index in [1.54, 1.807) is 7.11 Å². The average molecular weight is 201 g/mol.